The summed E-state index contributed by atoms with van der Waals surface area (Å²) < 4.78 is 0. The second-order valence-electron chi connectivity index (χ2n) is 7.06. The van der Waals surface area contributed by atoms with Crippen LogP contribution in [-0.2, 0) is 6.54 Å². The summed E-state index contributed by atoms with van der Waals surface area (Å²) in [7, 11) is 0. The first-order valence-corrected chi connectivity index (χ1v) is 8.88. The molecule has 0 unspecified atom stereocenters. The van der Waals surface area contributed by atoms with Gasteiger partial charge in [0.15, 0.2) is 0 Å². The summed E-state index contributed by atoms with van der Waals surface area (Å²) in [6.45, 7) is 4.39. The number of carboxylic acid groups (broad SMARTS) is 1. The number of carbonyl (C=O) groups excluding carboxylic acids is 3. The van der Waals surface area contributed by atoms with Crippen molar-refractivity contribution in [1.82, 2.24) is 10.2 Å². The zero-order chi connectivity index (χ0) is 20.4. The molecule has 144 valence electrons. The molecule has 2 aromatic carbocycles. The SMILES string of the molecule is CC(C)CN1C(=O)c2ccc(C(=O)NCc3ccc(C(=O)O)cc3)cc2C1=O. The average Bonchev–Trinajstić information content (AvgIpc) is 2.90. The largest absolute Gasteiger partial charge is 0.478 e. The Balaban J connectivity index is 1.71. The highest BCUT2D eigenvalue weighted by Crippen LogP contribution is 2.25. The Morgan fingerprint density at radius 3 is 2.18 bits per heavy atom. The topological polar surface area (TPSA) is 104 Å². The summed E-state index contributed by atoms with van der Waals surface area (Å²) in [5.74, 6) is -1.96. The van der Waals surface area contributed by atoms with Gasteiger partial charge < -0.3 is 10.4 Å². The van der Waals surface area contributed by atoms with E-state index in [1.165, 1.54) is 35.2 Å². The first-order valence-electron chi connectivity index (χ1n) is 8.88. The summed E-state index contributed by atoms with van der Waals surface area (Å²) in [6, 6.07) is 10.6. The zero-order valence-electron chi connectivity index (χ0n) is 15.6. The first-order chi connectivity index (χ1) is 13.3. The number of nitrogens with zero attached hydrogens (tertiary/aromatic N) is 1. The fourth-order valence-electron chi connectivity index (χ4n) is 3.01. The van der Waals surface area contributed by atoms with Crippen LogP contribution in [0.4, 0.5) is 0 Å². The van der Waals surface area contributed by atoms with Crippen molar-refractivity contribution in [2.24, 2.45) is 5.92 Å². The summed E-state index contributed by atoms with van der Waals surface area (Å²) in [6.07, 6.45) is 0. The molecule has 0 aromatic heterocycles. The standard InChI is InChI=1S/C21H20N2O5/c1-12(2)11-23-19(25)16-8-7-15(9-17(16)20(23)26)18(24)22-10-13-3-5-14(6-4-13)21(27)28/h3-9,12H,10-11H2,1-2H3,(H,22,24)(H,27,28). The lowest BCUT2D eigenvalue weighted by molar-refractivity contribution is 0.0633. The van der Waals surface area contributed by atoms with Crippen LogP contribution in [0.5, 0.6) is 0 Å². The molecule has 0 saturated heterocycles. The molecule has 1 aliphatic rings. The number of hydrogen-bond acceptors (Lipinski definition) is 4. The Hall–Kier alpha value is -3.48. The molecule has 0 atom stereocenters. The van der Waals surface area contributed by atoms with E-state index in [0.29, 0.717) is 12.1 Å². The lowest BCUT2D eigenvalue weighted by Crippen LogP contribution is -2.33. The molecule has 2 N–H and O–H groups in total. The van der Waals surface area contributed by atoms with Gasteiger partial charge in [-0.2, -0.15) is 0 Å². The van der Waals surface area contributed by atoms with Crippen LogP contribution in [0.2, 0.25) is 0 Å². The van der Waals surface area contributed by atoms with E-state index in [1.54, 1.807) is 12.1 Å². The van der Waals surface area contributed by atoms with E-state index in [4.69, 9.17) is 5.11 Å². The molecule has 0 spiro atoms. The van der Waals surface area contributed by atoms with Gasteiger partial charge in [0.25, 0.3) is 17.7 Å². The van der Waals surface area contributed by atoms with Crippen LogP contribution in [0, 0.1) is 5.92 Å². The summed E-state index contributed by atoms with van der Waals surface area (Å²) in [5, 5.41) is 11.6. The van der Waals surface area contributed by atoms with Gasteiger partial charge in [0.2, 0.25) is 0 Å². The second-order valence-corrected chi connectivity index (χ2v) is 7.06. The highest BCUT2D eigenvalue weighted by Gasteiger charge is 2.36. The summed E-state index contributed by atoms with van der Waals surface area (Å²) >= 11 is 0. The molecule has 7 nitrogen and oxygen atoms in total. The highest BCUT2D eigenvalue weighted by molar-refractivity contribution is 6.22. The number of carbonyl (C=O) groups is 4. The monoisotopic (exact) mass is 380 g/mol. The van der Waals surface area contributed by atoms with Crippen molar-refractivity contribution in [3.63, 3.8) is 0 Å². The van der Waals surface area contributed by atoms with E-state index in [0.717, 1.165) is 5.56 Å². The van der Waals surface area contributed by atoms with Crippen molar-refractivity contribution in [3.05, 3.63) is 70.3 Å². The van der Waals surface area contributed by atoms with Crippen molar-refractivity contribution >= 4 is 23.7 Å². The van der Waals surface area contributed by atoms with Crippen LogP contribution in [0.15, 0.2) is 42.5 Å². The third-order valence-corrected chi connectivity index (χ3v) is 4.43. The Bertz CT molecular complexity index is 963. The Kier molecular flexibility index (Phi) is 5.26. The Morgan fingerprint density at radius 1 is 0.964 bits per heavy atom. The first kappa shape index (κ1) is 19.3. The van der Waals surface area contributed by atoms with Crippen molar-refractivity contribution in [2.45, 2.75) is 20.4 Å². The van der Waals surface area contributed by atoms with Gasteiger partial charge in [-0.05, 0) is 41.8 Å². The van der Waals surface area contributed by atoms with E-state index in [2.05, 4.69) is 5.32 Å². The maximum Gasteiger partial charge on any atom is 0.335 e. The molecular weight excluding hydrogens is 360 g/mol. The molecule has 0 radical (unpaired) electrons. The zero-order valence-corrected chi connectivity index (χ0v) is 15.6. The molecule has 2 aromatic rings. The average molecular weight is 380 g/mol. The number of nitrogens with one attached hydrogen (secondary N) is 1. The molecule has 3 amide bonds. The van der Waals surface area contributed by atoms with Gasteiger partial charge in [-0.1, -0.05) is 26.0 Å². The van der Waals surface area contributed by atoms with E-state index in [9.17, 15) is 19.2 Å². The van der Waals surface area contributed by atoms with Gasteiger partial charge in [0, 0.05) is 18.7 Å². The summed E-state index contributed by atoms with van der Waals surface area (Å²) in [5.41, 5.74) is 1.75. The number of benzene rings is 2. The minimum Gasteiger partial charge on any atom is -0.478 e. The molecule has 28 heavy (non-hydrogen) atoms. The number of hydrogen-bond donors (Lipinski definition) is 2. The normalized spacial score (nSPS) is 13.0. The van der Waals surface area contributed by atoms with Crippen molar-refractivity contribution < 1.29 is 24.3 Å². The smallest absolute Gasteiger partial charge is 0.335 e. The Morgan fingerprint density at radius 2 is 1.57 bits per heavy atom. The van der Waals surface area contributed by atoms with Crippen molar-refractivity contribution in [3.8, 4) is 0 Å². The van der Waals surface area contributed by atoms with Gasteiger partial charge in [-0.25, -0.2) is 4.79 Å². The van der Waals surface area contributed by atoms with E-state index >= 15 is 0 Å². The molecule has 0 saturated carbocycles. The minimum atomic E-state index is -1.01. The molecule has 3 rings (SSSR count). The van der Waals surface area contributed by atoms with Gasteiger partial charge in [-0.3, -0.25) is 19.3 Å². The van der Waals surface area contributed by atoms with Crippen LogP contribution in [0.25, 0.3) is 0 Å². The van der Waals surface area contributed by atoms with Gasteiger partial charge in [0.1, 0.15) is 0 Å². The second kappa shape index (κ2) is 7.64. The van der Waals surface area contributed by atoms with Crippen LogP contribution in [0.3, 0.4) is 0 Å². The molecule has 0 bridgehead atoms. The molecule has 0 aliphatic carbocycles. The molecule has 1 aliphatic heterocycles. The van der Waals surface area contributed by atoms with Gasteiger partial charge >= 0.3 is 5.97 Å². The number of rotatable bonds is 6. The van der Waals surface area contributed by atoms with E-state index < -0.39 is 5.97 Å². The fraction of sp³-hybridized carbons (Fsp3) is 0.238. The maximum absolute atomic E-state index is 12.5. The van der Waals surface area contributed by atoms with E-state index in [-0.39, 0.29) is 46.9 Å². The highest BCUT2D eigenvalue weighted by atomic mass is 16.4. The molecule has 0 fully saturated rings. The number of imide groups is 1. The predicted molar refractivity (Wildman–Crippen MR) is 101 cm³/mol. The van der Waals surface area contributed by atoms with Crippen LogP contribution in [-0.4, -0.2) is 40.2 Å². The summed E-state index contributed by atoms with van der Waals surface area (Å²) in [4.78, 5) is 49.4. The van der Waals surface area contributed by atoms with Crippen LogP contribution < -0.4 is 5.32 Å². The lowest BCUT2D eigenvalue weighted by atomic mass is 10.1. The fourth-order valence-corrected chi connectivity index (χ4v) is 3.01. The van der Waals surface area contributed by atoms with Crippen molar-refractivity contribution in [2.75, 3.05) is 6.54 Å². The molecular formula is C21H20N2O5. The van der Waals surface area contributed by atoms with E-state index in [1.807, 2.05) is 13.8 Å². The Labute approximate surface area is 162 Å². The van der Waals surface area contributed by atoms with Gasteiger partial charge in [-0.15, -0.1) is 0 Å². The van der Waals surface area contributed by atoms with Crippen LogP contribution in [0.1, 0.15) is 60.8 Å². The molecule has 7 heteroatoms. The third-order valence-electron chi connectivity index (χ3n) is 4.43. The number of carboxylic acids is 1. The third kappa shape index (κ3) is 3.78. The quantitative estimate of drug-likeness (QED) is 0.750. The number of fused-ring (bicyclic) bond motifs is 1. The lowest BCUT2D eigenvalue weighted by Gasteiger charge is -2.15. The minimum absolute atomic E-state index is 0.150. The number of aromatic carboxylic acids is 1. The predicted octanol–water partition coefficient (Wildman–Crippen LogP) is 2.57. The maximum atomic E-state index is 12.5. The van der Waals surface area contributed by atoms with Crippen LogP contribution >= 0.6 is 0 Å². The number of amides is 3. The molecule has 1 heterocycles. The van der Waals surface area contributed by atoms with Crippen molar-refractivity contribution in [1.29, 1.82) is 0 Å². The van der Waals surface area contributed by atoms with Gasteiger partial charge in [0.05, 0.1) is 16.7 Å².